The van der Waals surface area contributed by atoms with Gasteiger partial charge in [-0.15, -0.1) is 10.2 Å². The number of aromatic nitrogens is 4. The van der Waals surface area contributed by atoms with Gasteiger partial charge in [-0.25, -0.2) is 0 Å². The summed E-state index contributed by atoms with van der Waals surface area (Å²) in [6.07, 6.45) is 1.25. The average Bonchev–Trinajstić information content (AvgIpc) is 3.40. The van der Waals surface area contributed by atoms with E-state index in [0.29, 0.717) is 31.8 Å². The van der Waals surface area contributed by atoms with Crippen molar-refractivity contribution < 1.29 is 9.59 Å². The molecule has 0 aliphatic carbocycles. The third-order valence-electron chi connectivity index (χ3n) is 6.70. The number of benzene rings is 3. The van der Waals surface area contributed by atoms with Gasteiger partial charge >= 0.3 is 0 Å². The Balaban J connectivity index is 1.51. The van der Waals surface area contributed by atoms with Crippen molar-refractivity contribution in [3.05, 3.63) is 71.8 Å². The maximum Gasteiger partial charge on any atom is 0.249 e. The number of nitrogens with zero attached hydrogens (tertiary/aromatic N) is 4. The van der Waals surface area contributed by atoms with E-state index in [1.807, 2.05) is 68.4 Å². The van der Waals surface area contributed by atoms with E-state index < -0.39 is 6.04 Å². The van der Waals surface area contributed by atoms with E-state index in [2.05, 4.69) is 37.3 Å². The minimum Gasteiger partial charge on any atom is -0.343 e. The Hall–Kier alpha value is -4.11. The van der Waals surface area contributed by atoms with E-state index in [1.165, 1.54) is 0 Å². The summed E-state index contributed by atoms with van der Waals surface area (Å²) in [5, 5.41) is 22.6. The Bertz CT molecular complexity index is 1390. The van der Waals surface area contributed by atoms with Gasteiger partial charge in [-0.1, -0.05) is 61.5 Å². The first kappa shape index (κ1) is 23.6. The van der Waals surface area contributed by atoms with Crippen LogP contribution in [0.3, 0.4) is 0 Å². The molecule has 1 aliphatic heterocycles. The van der Waals surface area contributed by atoms with Crippen LogP contribution in [0.5, 0.6) is 0 Å². The molecule has 2 atom stereocenters. The summed E-state index contributed by atoms with van der Waals surface area (Å²) in [5.41, 5.74) is 3.84. The zero-order valence-electron chi connectivity index (χ0n) is 20.4. The Morgan fingerprint density at radius 1 is 1.11 bits per heavy atom. The lowest BCUT2D eigenvalue weighted by atomic mass is 9.99. The highest BCUT2D eigenvalue weighted by molar-refractivity contribution is 6.02. The molecule has 0 bridgehead atoms. The molecule has 0 fully saturated rings. The molecule has 4 aromatic rings. The Morgan fingerprint density at radius 2 is 1.92 bits per heavy atom. The van der Waals surface area contributed by atoms with Gasteiger partial charge in [0, 0.05) is 11.3 Å². The van der Waals surface area contributed by atoms with Crippen molar-refractivity contribution in [2.45, 2.75) is 45.3 Å². The minimum absolute atomic E-state index is 0.108. The quantitative estimate of drug-likeness (QED) is 0.372. The topological polar surface area (TPSA) is 116 Å². The molecule has 2 heterocycles. The van der Waals surface area contributed by atoms with Crippen LogP contribution in [0.4, 0.5) is 5.69 Å². The minimum atomic E-state index is -0.601. The number of aryl methyl sites for hydroxylation is 1. The molecule has 0 radical (unpaired) electrons. The lowest BCUT2D eigenvalue weighted by Crippen LogP contribution is -2.52. The zero-order chi connectivity index (χ0) is 25.1. The van der Waals surface area contributed by atoms with Gasteiger partial charge in [-0.3, -0.25) is 9.59 Å². The summed E-state index contributed by atoms with van der Waals surface area (Å²) in [6.45, 7) is 4.81. The molecule has 184 valence electrons. The summed E-state index contributed by atoms with van der Waals surface area (Å²) in [4.78, 5) is 28.4. The predicted molar refractivity (Wildman–Crippen MR) is 138 cm³/mol. The normalized spacial score (nSPS) is 16.4. The second-order valence-corrected chi connectivity index (χ2v) is 8.99. The first-order chi connectivity index (χ1) is 17.6. The van der Waals surface area contributed by atoms with Crippen LogP contribution in [0.1, 0.15) is 31.4 Å². The first-order valence-corrected chi connectivity index (χ1v) is 12.2. The highest BCUT2D eigenvalue weighted by atomic mass is 16.2. The largest absolute Gasteiger partial charge is 0.343 e. The van der Waals surface area contributed by atoms with E-state index in [-0.39, 0.29) is 17.9 Å². The van der Waals surface area contributed by atoms with Crippen molar-refractivity contribution in [2.75, 3.05) is 11.4 Å². The van der Waals surface area contributed by atoms with E-state index in [9.17, 15) is 9.59 Å². The second kappa shape index (κ2) is 10.2. The smallest absolute Gasteiger partial charge is 0.249 e. The molecule has 36 heavy (non-hydrogen) atoms. The lowest BCUT2D eigenvalue weighted by molar-refractivity contribution is -0.128. The molecule has 0 saturated heterocycles. The molecule has 5 rings (SSSR count). The molecular formula is C27H29N7O2. The van der Waals surface area contributed by atoms with E-state index in [4.69, 9.17) is 0 Å². The van der Waals surface area contributed by atoms with Crippen LogP contribution in [0.2, 0.25) is 0 Å². The molecule has 0 saturated carbocycles. The number of tetrazole rings is 1. The third kappa shape index (κ3) is 4.57. The molecule has 1 aromatic heterocycles. The predicted octanol–water partition coefficient (Wildman–Crippen LogP) is 2.98. The number of carbonyl (C=O) groups excluding carboxylic acids is 2. The number of H-pyrrole nitrogens is 1. The van der Waals surface area contributed by atoms with Gasteiger partial charge in [0.25, 0.3) is 0 Å². The number of hydrogen-bond acceptors (Lipinski definition) is 6. The van der Waals surface area contributed by atoms with Crippen LogP contribution >= 0.6 is 0 Å². The number of amides is 2. The molecular weight excluding hydrogens is 454 g/mol. The van der Waals surface area contributed by atoms with Crippen LogP contribution in [-0.4, -0.2) is 51.1 Å². The highest BCUT2D eigenvalue weighted by Crippen LogP contribution is 2.32. The SMILES string of the molecule is CCN[C@@H](C)C(=O)N[C@H]1CCc2ccccc2N(Cc2cccc3c(-c4nn[nH]n4)cccc23)C1=O. The lowest BCUT2D eigenvalue weighted by Gasteiger charge is -2.27. The molecule has 3 aromatic carbocycles. The fourth-order valence-corrected chi connectivity index (χ4v) is 4.86. The number of aromatic amines is 1. The standard InChI is InChI=1S/C27H29N7O2/c1-3-28-17(2)26(35)29-23-15-14-18-8-4-5-13-24(18)34(27(23)36)16-19-9-6-11-21-20(19)10-7-12-22(21)25-30-32-33-31-25/h4-13,17,23,28H,3,14-16H2,1-2H3,(H,29,35)(H,30,31,32,33)/t17-,23-/m0/s1. The van der Waals surface area contributed by atoms with Gasteiger partial charge < -0.3 is 15.5 Å². The van der Waals surface area contributed by atoms with Crippen LogP contribution in [0.25, 0.3) is 22.2 Å². The molecule has 9 heteroatoms. The molecule has 9 nitrogen and oxygen atoms in total. The first-order valence-electron chi connectivity index (χ1n) is 12.2. The van der Waals surface area contributed by atoms with Gasteiger partial charge in [0.2, 0.25) is 17.6 Å². The van der Waals surface area contributed by atoms with Crippen molar-refractivity contribution >= 4 is 28.3 Å². The molecule has 0 spiro atoms. The number of hydrogen-bond donors (Lipinski definition) is 3. The van der Waals surface area contributed by atoms with Crippen molar-refractivity contribution in [1.29, 1.82) is 0 Å². The zero-order valence-corrected chi connectivity index (χ0v) is 20.4. The molecule has 2 amide bonds. The number of nitrogens with one attached hydrogen (secondary N) is 3. The van der Waals surface area contributed by atoms with Crippen LogP contribution in [0.15, 0.2) is 60.7 Å². The van der Waals surface area contributed by atoms with E-state index in [1.54, 1.807) is 4.90 Å². The maximum atomic E-state index is 13.9. The summed E-state index contributed by atoms with van der Waals surface area (Å²) < 4.78 is 0. The fraction of sp³-hybridized carbons (Fsp3) is 0.296. The number of likely N-dealkylation sites (N-methyl/N-ethyl adjacent to an activating group) is 1. The van der Waals surface area contributed by atoms with Gasteiger partial charge in [-0.05, 0) is 59.5 Å². The summed E-state index contributed by atoms with van der Waals surface area (Å²) >= 11 is 0. The fourth-order valence-electron chi connectivity index (χ4n) is 4.86. The molecule has 0 unspecified atom stereocenters. The third-order valence-corrected chi connectivity index (χ3v) is 6.70. The van der Waals surface area contributed by atoms with Gasteiger partial charge in [0.15, 0.2) is 0 Å². The van der Waals surface area contributed by atoms with Crippen LogP contribution in [-0.2, 0) is 22.6 Å². The number of anilines is 1. The summed E-state index contributed by atoms with van der Waals surface area (Å²) in [5.74, 6) is 0.242. The Morgan fingerprint density at radius 3 is 2.72 bits per heavy atom. The Labute approximate surface area is 209 Å². The molecule has 3 N–H and O–H groups in total. The highest BCUT2D eigenvalue weighted by Gasteiger charge is 2.32. The Kier molecular flexibility index (Phi) is 6.73. The van der Waals surface area contributed by atoms with Gasteiger partial charge in [-0.2, -0.15) is 5.21 Å². The van der Waals surface area contributed by atoms with Crippen molar-refractivity contribution in [1.82, 2.24) is 31.3 Å². The second-order valence-electron chi connectivity index (χ2n) is 8.99. The summed E-state index contributed by atoms with van der Waals surface area (Å²) in [7, 11) is 0. The average molecular weight is 484 g/mol. The summed E-state index contributed by atoms with van der Waals surface area (Å²) in [6, 6.07) is 19.0. The molecule has 1 aliphatic rings. The number of fused-ring (bicyclic) bond motifs is 2. The number of para-hydroxylation sites is 1. The van der Waals surface area contributed by atoms with Crippen molar-refractivity contribution in [2.24, 2.45) is 0 Å². The number of rotatable bonds is 7. The van der Waals surface area contributed by atoms with E-state index >= 15 is 0 Å². The van der Waals surface area contributed by atoms with E-state index in [0.717, 1.165) is 33.2 Å². The van der Waals surface area contributed by atoms with Crippen LogP contribution < -0.4 is 15.5 Å². The van der Waals surface area contributed by atoms with Crippen molar-refractivity contribution in [3.63, 3.8) is 0 Å². The van der Waals surface area contributed by atoms with Crippen molar-refractivity contribution in [3.8, 4) is 11.4 Å². The van der Waals surface area contributed by atoms with Gasteiger partial charge in [0.05, 0.1) is 12.6 Å². The van der Waals surface area contributed by atoms with Gasteiger partial charge in [0.1, 0.15) is 6.04 Å². The van der Waals surface area contributed by atoms with Crippen LogP contribution in [0, 0.1) is 0 Å². The maximum absolute atomic E-state index is 13.9. The monoisotopic (exact) mass is 483 g/mol. The number of carbonyl (C=O) groups is 2.